The maximum atomic E-state index is 13.3. The third-order valence-corrected chi connectivity index (χ3v) is 2.06. The summed E-state index contributed by atoms with van der Waals surface area (Å²) in [5.41, 5.74) is 1.39. The molecule has 0 fully saturated rings. The normalized spacial score (nSPS) is 12.9. The fourth-order valence-electron chi connectivity index (χ4n) is 1.26. The number of aliphatic hydroxyl groups excluding tert-OH is 1. The summed E-state index contributed by atoms with van der Waals surface area (Å²) in [4.78, 5) is 0. The van der Waals surface area contributed by atoms with Crippen LogP contribution >= 0.6 is 0 Å². The van der Waals surface area contributed by atoms with Crippen LogP contribution in [0, 0.1) is 12.7 Å². The predicted octanol–water partition coefficient (Wildman–Crippen LogP) is 1.39. The molecule has 0 aromatic heterocycles. The molecule has 0 aliphatic heterocycles. The lowest BCUT2D eigenvalue weighted by atomic mass is 10.1. The molecular weight excluding hydrogens is 169 g/mol. The van der Waals surface area contributed by atoms with Gasteiger partial charge in [0.2, 0.25) is 0 Å². The van der Waals surface area contributed by atoms with Crippen LogP contribution in [-0.4, -0.2) is 18.8 Å². The quantitative estimate of drug-likeness (QED) is 0.742. The summed E-state index contributed by atoms with van der Waals surface area (Å²) in [6, 6.07) is 4.68. The molecule has 3 heteroatoms. The summed E-state index contributed by atoms with van der Waals surface area (Å²) < 4.78 is 13.3. The summed E-state index contributed by atoms with van der Waals surface area (Å²) in [5, 5.41) is 11.8. The molecule has 1 aromatic rings. The first-order valence-electron chi connectivity index (χ1n) is 4.23. The van der Waals surface area contributed by atoms with E-state index in [2.05, 4.69) is 5.32 Å². The molecule has 0 saturated heterocycles. The molecule has 0 unspecified atom stereocenters. The Morgan fingerprint density at radius 1 is 1.54 bits per heavy atom. The van der Waals surface area contributed by atoms with E-state index in [0.29, 0.717) is 5.56 Å². The molecule has 0 aliphatic carbocycles. The van der Waals surface area contributed by atoms with Crippen LogP contribution in [0.4, 0.5) is 4.39 Å². The second-order valence-corrected chi connectivity index (χ2v) is 3.05. The molecule has 13 heavy (non-hydrogen) atoms. The van der Waals surface area contributed by atoms with E-state index in [1.165, 1.54) is 6.07 Å². The molecule has 0 spiro atoms. The summed E-state index contributed by atoms with van der Waals surface area (Å²) in [5.74, 6) is -0.270. The lowest BCUT2D eigenvalue weighted by molar-refractivity contribution is 0.248. The van der Waals surface area contributed by atoms with Crippen molar-refractivity contribution in [2.24, 2.45) is 0 Å². The van der Waals surface area contributed by atoms with Crippen LogP contribution in [-0.2, 0) is 0 Å². The van der Waals surface area contributed by atoms with E-state index in [1.54, 1.807) is 13.1 Å². The van der Waals surface area contributed by atoms with Gasteiger partial charge < -0.3 is 10.4 Å². The zero-order chi connectivity index (χ0) is 9.84. The van der Waals surface area contributed by atoms with Gasteiger partial charge in [-0.3, -0.25) is 0 Å². The Kier molecular flexibility index (Phi) is 3.39. The fraction of sp³-hybridized carbons (Fsp3) is 0.400. The van der Waals surface area contributed by atoms with Gasteiger partial charge in [0, 0.05) is 5.56 Å². The van der Waals surface area contributed by atoms with Crippen molar-refractivity contribution in [3.05, 3.63) is 35.1 Å². The van der Waals surface area contributed by atoms with Crippen LogP contribution in [0.25, 0.3) is 0 Å². The second-order valence-electron chi connectivity index (χ2n) is 3.05. The van der Waals surface area contributed by atoms with Gasteiger partial charge >= 0.3 is 0 Å². The first-order chi connectivity index (χ1) is 6.19. The number of rotatable bonds is 3. The first-order valence-corrected chi connectivity index (χ1v) is 4.23. The molecule has 0 heterocycles. The standard InChI is InChI=1S/C10H14FNO/c1-7-3-4-8(9(11)5-7)10(6-13)12-2/h3-5,10,12-13H,6H2,1-2H3/t10-/m1/s1. The SMILES string of the molecule is CN[C@H](CO)c1ccc(C)cc1F. The van der Waals surface area contributed by atoms with Gasteiger partial charge in [-0.05, 0) is 25.6 Å². The van der Waals surface area contributed by atoms with Gasteiger partial charge in [-0.15, -0.1) is 0 Å². The molecule has 0 saturated carbocycles. The van der Waals surface area contributed by atoms with Crippen molar-refractivity contribution >= 4 is 0 Å². The van der Waals surface area contributed by atoms with Crippen molar-refractivity contribution < 1.29 is 9.50 Å². The zero-order valence-electron chi connectivity index (χ0n) is 7.84. The van der Waals surface area contributed by atoms with Gasteiger partial charge in [0.25, 0.3) is 0 Å². The van der Waals surface area contributed by atoms with Crippen molar-refractivity contribution in [3.8, 4) is 0 Å². The minimum atomic E-state index is -0.319. The number of benzene rings is 1. The molecular formula is C10H14FNO. The van der Waals surface area contributed by atoms with Crippen molar-refractivity contribution in [3.63, 3.8) is 0 Å². The van der Waals surface area contributed by atoms with E-state index >= 15 is 0 Å². The average molecular weight is 183 g/mol. The lowest BCUT2D eigenvalue weighted by Gasteiger charge is -2.14. The highest BCUT2D eigenvalue weighted by molar-refractivity contribution is 5.26. The average Bonchev–Trinajstić information content (AvgIpc) is 2.10. The van der Waals surface area contributed by atoms with E-state index in [4.69, 9.17) is 5.11 Å². The first kappa shape index (κ1) is 10.2. The number of halogens is 1. The maximum Gasteiger partial charge on any atom is 0.128 e. The van der Waals surface area contributed by atoms with Gasteiger partial charge in [-0.1, -0.05) is 12.1 Å². The molecule has 0 amide bonds. The van der Waals surface area contributed by atoms with E-state index < -0.39 is 0 Å². The Balaban J connectivity index is 2.99. The molecule has 0 bridgehead atoms. The lowest BCUT2D eigenvalue weighted by Crippen LogP contribution is -2.21. The van der Waals surface area contributed by atoms with Crippen LogP contribution in [0.15, 0.2) is 18.2 Å². The van der Waals surface area contributed by atoms with Crippen LogP contribution in [0.2, 0.25) is 0 Å². The minimum Gasteiger partial charge on any atom is -0.394 e. The van der Waals surface area contributed by atoms with Crippen LogP contribution in [0.3, 0.4) is 0 Å². The van der Waals surface area contributed by atoms with E-state index in [-0.39, 0.29) is 18.5 Å². The van der Waals surface area contributed by atoms with Crippen molar-refractivity contribution in [1.29, 1.82) is 0 Å². The monoisotopic (exact) mass is 183 g/mol. The molecule has 1 rings (SSSR count). The molecule has 2 nitrogen and oxygen atoms in total. The van der Waals surface area contributed by atoms with E-state index in [0.717, 1.165) is 5.56 Å². The van der Waals surface area contributed by atoms with Gasteiger partial charge in [-0.2, -0.15) is 0 Å². The zero-order valence-corrected chi connectivity index (χ0v) is 7.84. The fourth-order valence-corrected chi connectivity index (χ4v) is 1.26. The number of aliphatic hydroxyl groups is 1. The van der Waals surface area contributed by atoms with Gasteiger partial charge in [0.15, 0.2) is 0 Å². The largest absolute Gasteiger partial charge is 0.394 e. The Morgan fingerprint density at radius 3 is 2.69 bits per heavy atom. The Bertz CT molecular complexity index is 284. The third kappa shape index (κ3) is 2.26. The van der Waals surface area contributed by atoms with E-state index in [1.807, 2.05) is 13.0 Å². The minimum absolute atomic E-state index is 0.101. The third-order valence-electron chi connectivity index (χ3n) is 2.06. The highest BCUT2D eigenvalue weighted by atomic mass is 19.1. The number of aryl methyl sites for hydroxylation is 1. The topological polar surface area (TPSA) is 32.3 Å². The summed E-state index contributed by atoms with van der Waals surface area (Å²) in [7, 11) is 1.69. The highest BCUT2D eigenvalue weighted by Crippen LogP contribution is 2.17. The Morgan fingerprint density at radius 2 is 2.23 bits per heavy atom. The van der Waals surface area contributed by atoms with Crippen LogP contribution < -0.4 is 5.32 Å². The van der Waals surface area contributed by atoms with Crippen molar-refractivity contribution in [1.82, 2.24) is 5.32 Å². The van der Waals surface area contributed by atoms with Gasteiger partial charge in [-0.25, -0.2) is 4.39 Å². The maximum absolute atomic E-state index is 13.3. The molecule has 1 aromatic carbocycles. The van der Waals surface area contributed by atoms with Crippen molar-refractivity contribution in [2.75, 3.05) is 13.7 Å². The number of likely N-dealkylation sites (N-methyl/N-ethyl adjacent to an activating group) is 1. The summed E-state index contributed by atoms with van der Waals surface area (Å²) >= 11 is 0. The Hall–Kier alpha value is -0.930. The molecule has 1 atom stereocenters. The van der Waals surface area contributed by atoms with E-state index in [9.17, 15) is 4.39 Å². The number of hydrogen-bond donors (Lipinski definition) is 2. The van der Waals surface area contributed by atoms with Crippen LogP contribution in [0.5, 0.6) is 0 Å². The molecule has 2 N–H and O–H groups in total. The second kappa shape index (κ2) is 4.35. The van der Waals surface area contributed by atoms with Gasteiger partial charge in [0.05, 0.1) is 12.6 Å². The van der Waals surface area contributed by atoms with Crippen LogP contribution in [0.1, 0.15) is 17.2 Å². The summed E-state index contributed by atoms with van der Waals surface area (Å²) in [6.07, 6.45) is 0. The molecule has 0 radical (unpaired) electrons. The molecule has 0 aliphatic rings. The summed E-state index contributed by atoms with van der Waals surface area (Å²) in [6.45, 7) is 1.73. The predicted molar refractivity (Wildman–Crippen MR) is 50.0 cm³/mol. The number of nitrogens with one attached hydrogen (secondary N) is 1. The smallest absolute Gasteiger partial charge is 0.128 e. The molecule has 72 valence electrons. The van der Waals surface area contributed by atoms with Crippen molar-refractivity contribution in [2.45, 2.75) is 13.0 Å². The Labute approximate surface area is 77.4 Å². The highest BCUT2D eigenvalue weighted by Gasteiger charge is 2.11. The number of hydrogen-bond acceptors (Lipinski definition) is 2. The van der Waals surface area contributed by atoms with Gasteiger partial charge in [0.1, 0.15) is 5.82 Å².